The Bertz CT molecular complexity index is 1340. The predicted molar refractivity (Wildman–Crippen MR) is 118 cm³/mol. The van der Waals surface area contributed by atoms with Gasteiger partial charge in [-0.15, -0.1) is 0 Å². The van der Waals surface area contributed by atoms with Crippen LogP contribution < -0.4 is 14.8 Å². The number of ether oxygens (including phenoxy) is 2. The van der Waals surface area contributed by atoms with Gasteiger partial charge in [0.2, 0.25) is 5.88 Å². The van der Waals surface area contributed by atoms with Crippen LogP contribution in [0.5, 0.6) is 17.4 Å². The van der Waals surface area contributed by atoms with Crippen LogP contribution in [0.3, 0.4) is 0 Å². The summed E-state index contributed by atoms with van der Waals surface area (Å²) in [7, 11) is 0. The van der Waals surface area contributed by atoms with Crippen LogP contribution in [-0.4, -0.2) is 45.4 Å². The second-order valence-electron chi connectivity index (χ2n) is 7.47. The summed E-state index contributed by atoms with van der Waals surface area (Å²) in [6.45, 7) is 0.477. The topological polar surface area (TPSA) is 114 Å². The number of rotatable bonds is 7. The average Bonchev–Trinajstić information content (AvgIpc) is 2.80. The number of amides is 1. The molecule has 0 aliphatic heterocycles. The summed E-state index contributed by atoms with van der Waals surface area (Å²) < 4.78 is 65.0. The maximum absolute atomic E-state index is 13.4. The first kappa shape index (κ1) is 27.0. The molecule has 0 aliphatic rings. The molecule has 1 atom stereocenters. The number of aryl methyl sites for hydroxylation is 1. The smallest absolute Gasteiger partial charge is 0.417 e. The molecule has 13 heteroatoms. The van der Waals surface area contributed by atoms with Crippen molar-refractivity contribution in [3.63, 3.8) is 0 Å². The molecule has 0 fully saturated rings. The van der Waals surface area contributed by atoms with E-state index in [1.54, 1.807) is 0 Å². The van der Waals surface area contributed by atoms with Gasteiger partial charge in [0.15, 0.2) is 0 Å². The first-order chi connectivity index (χ1) is 16.9. The van der Waals surface area contributed by atoms with Crippen molar-refractivity contribution in [1.29, 1.82) is 0 Å². The van der Waals surface area contributed by atoms with Gasteiger partial charge in [0, 0.05) is 12.3 Å². The van der Waals surface area contributed by atoms with Crippen molar-refractivity contribution >= 4 is 17.5 Å². The fraction of sp³-hybridized carbons (Fsp3) is 0.217. The highest BCUT2D eigenvalue weighted by molar-refractivity contribution is 6.32. The van der Waals surface area contributed by atoms with Crippen molar-refractivity contribution in [3.05, 3.63) is 81.5 Å². The number of aliphatic hydroxyl groups is 2. The molecule has 0 bridgehead atoms. The van der Waals surface area contributed by atoms with Crippen molar-refractivity contribution in [2.45, 2.75) is 19.2 Å². The number of pyridine rings is 1. The molecule has 1 heterocycles. The molecule has 3 rings (SSSR count). The first-order valence-corrected chi connectivity index (χ1v) is 10.5. The summed E-state index contributed by atoms with van der Waals surface area (Å²) in [6, 6.07) is 6.95. The van der Waals surface area contributed by atoms with E-state index in [1.165, 1.54) is 19.1 Å². The van der Waals surface area contributed by atoms with Gasteiger partial charge in [-0.25, -0.2) is 9.38 Å². The van der Waals surface area contributed by atoms with E-state index >= 15 is 0 Å². The molecular weight excluding hydrogens is 512 g/mol. The zero-order chi connectivity index (χ0) is 26.6. The SMILES string of the molecule is Cc1cc(F)ccc1Oc1cc(C(F)(F)F)c(Cl)cc1C(=O)N=c1ccn(O)c(OC[C@H](O)CO)c1. The highest BCUT2D eigenvalue weighted by Gasteiger charge is 2.35. The maximum atomic E-state index is 13.4. The monoisotopic (exact) mass is 530 g/mol. The number of alkyl halides is 3. The van der Waals surface area contributed by atoms with Gasteiger partial charge in [-0.05, 0) is 48.9 Å². The lowest BCUT2D eigenvalue weighted by atomic mass is 10.1. The number of halogens is 5. The number of hydrogen-bond acceptors (Lipinski definition) is 6. The quantitative estimate of drug-likeness (QED) is 0.313. The van der Waals surface area contributed by atoms with E-state index in [0.717, 1.165) is 30.5 Å². The van der Waals surface area contributed by atoms with Crippen molar-refractivity contribution in [2.75, 3.05) is 13.2 Å². The highest BCUT2D eigenvalue weighted by Crippen LogP contribution is 2.40. The van der Waals surface area contributed by atoms with Crippen LogP contribution in [0.2, 0.25) is 5.02 Å². The predicted octanol–water partition coefficient (Wildman–Crippen LogP) is 4.11. The van der Waals surface area contributed by atoms with Crippen LogP contribution in [0.1, 0.15) is 21.5 Å². The standard InChI is InChI=1S/C23H19ClF4N2O6/c1-12-6-13(25)2-3-19(12)36-20-9-17(23(26,27)28)18(24)8-16(20)22(33)29-14-4-5-30(34)21(7-14)35-11-15(32)10-31/h2-9,15,31-32,34H,10-11H2,1H3/t15-/m1/s1. The van der Waals surface area contributed by atoms with Crippen LogP contribution in [0.15, 0.2) is 53.7 Å². The molecule has 2 aromatic carbocycles. The Morgan fingerprint density at radius 3 is 2.53 bits per heavy atom. The van der Waals surface area contributed by atoms with Crippen molar-refractivity contribution < 1.29 is 47.3 Å². The molecule has 192 valence electrons. The van der Waals surface area contributed by atoms with E-state index in [1.807, 2.05) is 0 Å². The van der Waals surface area contributed by atoms with Crippen LogP contribution >= 0.6 is 11.6 Å². The average molecular weight is 531 g/mol. The van der Waals surface area contributed by atoms with Gasteiger partial charge >= 0.3 is 6.18 Å². The summed E-state index contributed by atoms with van der Waals surface area (Å²) >= 11 is 5.80. The Hall–Kier alpha value is -3.61. The van der Waals surface area contributed by atoms with Crippen molar-refractivity contribution in [1.82, 2.24) is 4.73 Å². The van der Waals surface area contributed by atoms with E-state index in [9.17, 15) is 32.7 Å². The van der Waals surface area contributed by atoms with Crippen LogP contribution in [-0.2, 0) is 6.18 Å². The van der Waals surface area contributed by atoms with Gasteiger partial charge < -0.3 is 24.9 Å². The Labute approximate surface area is 206 Å². The lowest BCUT2D eigenvalue weighted by molar-refractivity contribution is -0.137. The van der Waals surface area contributed by atoms with E-state index in [2.05, 4.69) is 4.99 Å². The summed E-state index contributed by atoms with van der Waals surface area (Å²) in [5.74, 6) is -2.41. The van der Waals surface area contributed by atoms with Crippen LogP contribution in [0.25, 0.3) is 0 Å². The third kappa shape index (κ3) is 6.53. The van der Waals surface area contributed by atoms with Gasteiger partial charge in [0.1, 0.15) is 30.0 Å². The molecule has 0 spiro atoms. The highest BCUT2D eigenvalue weighted by atomic mass is 35.5. The zero-order valence-corrected chi connectivity index (χ0v) is 19.2. The molecule has 0 saturated carbocycles. The minimum atomic E-state index is -4.86. The number of benzene rings is 2. The zero-order valence-electron chi connectivity index (χ0n) is 18.5. The fourth-order valence-electron chi connectivity index (χ4n) is 2.92. The van der Waals surface area contributed by atoms with Gasteiger partial charge in [-0.1, -0.05) is 11.6 Å². The summed E-state index contributed by atoms with van der Waals surface area (Å²) in [4.78, 5) is 16.8. The lowest BCUT2D eigenvalue weighted by Crippen LogP contribution is -2.23. The maximum Gasteiger partial charge on any atom is 0.417 e. The molecule has 1 amide bonds. The number of nitrogens with zero attached hydrogens (tertiary/aromatic N) is 2. The van der Waals surface area contributed by atoms with Gasteiger partial charge in [-0.2, -0.15) is 17.9 Å². The molecule has 1 aromatic heterocycles. The fourth-order valence-corrected chi connectivity index (χ4v) is 3.19. The molecule has 36 heavy (non-hydrogen) atoms. The summed E-state index contributed by atoms with van der Waals surface area (Å²) in [5.41, 5.74) is -1.42. The second kappa shape index (κ2) is 11.0. The molecule has 3 aromatic rings. The van der Waals surface area contributed by atoms with Crippen LogP contribution in [0, 0.1) is 12.7 Å². The van der Waals surface area contributed by atoms with E-state index in [-0.39, 0.29) is 22.6 Å². The number of carbonyl (C=O) groups excluding carboxylic acids is 1. The number of aromatic nitrogens is 1. The molecule has 8 nitrogen and oxygen atoms in total. The van der Waals surface area contributed by atoms with Gasteiger partial charge in [0.05, 0.1) is 28.1 Å². The minimum absolute atomic E-state index is 0.0000534. The first-order valence-electron chi connectivity index (χ1n) is 10.2. The molecule has 0 saturated heterocycles. The molecule has 0 aliphatic carbocycles. The Morgan fingerprint density at radius 2 is 1.89 bits per heavy atom. The van der Waals surface area contributed by atoms with Crippen LogP contribution in [0.4, 0.5) is 17.6 Å². The molecule has 0 radical (unpaired) electrons. The number of carbonyl (C=O) groups is 1. The Balaban J connectivity index is 2.06. The van der Waals surface area contributed by atoms with Gasteiger partial charge in [-0.3, -0.25) is 4.79 Å². The third-order valence-corrected chi connectivity index (χ3v) is 5.02. The summed E-state index contributed by atoms with van der Waals surface area (Å²) in [5, 5.41) is 27.2. The number of aliphatic hydroxyl groups excluding tert-OH is 2. The number of hydrogen-bond donors (Lipinski definition) is 3. The normalized spacial score (nSPS) is 12.9. The van der Waals surface area contributed by atoms with E-state index in [4.69, 9.17) is 26.2 Å². The van der Waals surface area contributed by atoms with E-state index in [0.29, 0.717) is 10.8 Å². The van der Waals surface area contributed by atoms with Crippen molar-refractivity contribution in [3.8, 4) is 17.4 Å². The molecule has 3 N–H and O–H groups in total. The largest absolute Gasteiger partial charge is 0.474 e. The summed E-state index contributed by atoms with van der Waals surface area (Å²) in [6.07, 6.45) is -5.03. The van der Waals surface area contributed by atoms with E-state index < -0.39 is 59.1 Å². The Morgan fingerprint density at radius 1 is 1.17 bits per heavy atom. The Kier molecular flexibility index (Phi) is 8.23. The second-order valence-corrected chi connectivity index (χ2v) is 7.88. The van der Waals surface area contributed by atoms with Crippen molar-refractivity contribution in [2.24, 2.45) is 4.99 Å². The molecule has 0 unspecified atom stereocenters. The third-order valence-electron chi connectivity index (χ3n) is 4.71. The lowest BCUT2D eigenvalue weighted by Gasteiger charge is -2.16. The molecular formula is C23H19ClF4N2O6. The minimum Gasteiger partial charge on any atom is -0.474 e. The van der Waals surface area contributed by atoms with Gasteiger partial charge in [0.25, 0.3) is 5.91 Å².